The Hall–Kier alpha value is -1.53. The summed E-state index contributed by atoms with van der Waals surface area (Å²) in [5.74, 6) is -1.51. The Bertz CT molecular complexity index is 334. The van der Waals surface area contributed by atoms with Crippen LogP contribution in [-0.4, -0.2) is 23.5 Å². The van der Waals surface area contributed by atoms with Crippen LogP contribution in [0.25, 0.3) is 0 Å². The molecule has 0 saturated carbocycles. The van der Waals surface area contributed by atoms with Gasteiger partial charge in [0, 0.05) is 6.54 Å². The normalized spacial score (nSPS) is 14.4. The van der Waals surface area contributed by atoms with Crippen LogP contribution in [0.3, 0.4) is 0 Å². The van der Waals surface area contributed by atoms with Gasteiger partial charge in [-0.15, -0.1) is 0 Å². The molecule has 16 heavy (non-hydrogen) atoms. The highest BCUT2D eigenvalue weighted by molar-refractivity contribution is 5.73. The van der Waals surface area contributed by atoms with E-state index in [4.69, 9.17) is 5.11 Å². The van der Waals surface area contributed by atoms with Gasteiger partial charge >= 0.3 is 5.97 Å². The van der Waals surface area contributed by atoms with Crippen LogP contribution in [0.5, 0.6) is 0 Å². The molecule has 2 atom stereocenters. The largest absolute Gasteiger partial charge is 0.480 e. The Balaban J connectivity index is 2.54. The van der Waals surface area contributed by atoms with Crippen molar-refractivity contribution < 1.29 is 23.8 Å². The Labute approximate surface area is 90.7 Å². The van der Waals surface area contributed by atoms with Crippen molar-refractivity contribution in [1.29, 1.82) is 0 Å². The average molecular weight is 231 g/mol. The highest BCUT2D eigenvalue weighted by atomic mass is 19.3. The molecular weight excluding hydrogens is 220 g/mol. The Kier molecular flexibility index (Phi) is 4.81. The molecule has 0 saturated heterocycles. The number of rotatable bonds is 6. The van der Waals surface area contributed by atoms with Gasteiger partial charge in [-0.25, -0.2) is 4.39 Å². The number of alkyl halides is 1. The fourth-order valence-electron chi connectivity index (χ4n) is 1.17. The molecule has 0 radical (unpaired) electrons. The molecule has 2 N–H and O–H groups in total. The van der Waals surface area contributed by atoms with E-state index in [0.717, 1.165) is 5.56 Å². The predicted molar refractivity (Wildman–Crippen MR) is 51.8 cm³/mol. The van der Waals surface area contributed by atoms with E-state index in [1.807, 2.05) is 0 Å². The lowest BCUT2D eigenvalue weighted by Gasteiger charge is -2.15. The lowest BCUT2D eigenvalue weighted by Crippen LogP contribution is -2.44. The monoisotopic (exact) mass is 231 g/mol. The molecule has 1 rings (SSSR count). The number of carboxylic acid groups (broad SMARTS) is 1. The molecule has 0 aliphatic rings. The zero-order valence-electron chi connectivity index (χ0n) is 8.27. The molecular formula is C10H11F2NO3. The molecule has 0 aromatic heterocycles. The summed E-state index contributed by atoms with van der Waals surface area (Å²) < 4.78 is 24.3. The summed E-state index contributed by atoms with van der Waals surface area (Å²) in [5, 5.41) is 11.0. The summed E-state index contributed by atoms with van der Waals surface area (Å²) in [7, 11) is 0. The minimum Gasteiger partial charge on any atom is -0.480 e. The summed E-state index contributed by atoms with van der Waals surface area (Å²) in [6.45, 7) is 0.113. The lowest BCUT2D eigenvalue weighted by atomic mass is 10.2. The van der Waals surface area contributed by atoms with Gasteiger partial charge in [0.05, 0.1) is 0 Å². The van der Waals surface area contributed by atoms with E-state index in [1.165, 1.54) is 0 Å². The van der Waals surface area contributed by atoms with Gasteiger partial charge in [-0.05, 0) is 10.1 Å². The Morgan fingerprint density at radius 2 is 2.06 bits per heavy atom. The number of nitrogens with one attached hydrogen (secondary N) is 1. The minimum atomic E-state index is -2.53. The third-order valence-electron chi connectivity index (χ3n) is 1.98. The first-order valence-electron chi connectivity index (χ1n) is 4.56. The molecule has 0 heterocycles. The first-order chi connectivity index (χ1) is 7.65. The SMILES string of the molecule is O=C(O)[C@H](NCc1ccccc1)C(F)OF. The number of hydrogen-bond acceptors (Lipinski definition) is 3. The fourth-order valence-corrected chi connectivity index (χ4v) is 1.17. The van der Waals surface area contributed by atoms with Gasteiger partial charge in [0.1, 0.15) is 0 Å². The summed E-state index contributed by atoms with van der Waals surface area (Å²) in [6.07, 6.45) is -2.53. The van der Waals surface area contributed by atoms with Gasteiger partial charge in [-0.3, -0.25) is 10.1 Å². The van der Waals surface area contributed by atoms with Crippen LogP contribution >= 0.6 is 0 Å². The van der Waals surface area contributed by atoms with Crippen molar-refractivity contribution in [2.24, 2.45) is 0 Å². The average Bonchev–Trinajstić information content (AvgIpc) is 2.30. The van der Waals surface area contributed by atoms with Crippen LogP contribution in [0.15, 0.2) is 30.3 Å². The molecule has 0 aliphatic carbocycles. The molecule has 1 aromatic rings. The fraction of sp³-hybridized carbons (Fsp3) is 0.300. The molecule has 6 heteroatoms. The quantitative estimate of drug-likeness (QED) is 0.777. The topological polar surface area (TPSA) is 58.6 Å². The highest BCUT2D eigenvalue weighted by Gasteiger charge is 2.29. The number of aliphatic carboxylic acids is 1. The molecule has 0 fully saturated rings. The van der Waals surface area contributed by atoms with Crippen LogP contribution < -0.4 is 5.32 Å². The predicted octanol–water partition coefficient (Wildman–Crippen LogP) is 1.43. The molecule has 4 nitrogen and oxygen atoms in total. The highest BCUT2D eigenvalue weighted by Crippen LogP contribution is 2.05. The Morgan fingerprint density at radius 1 is 1.44 bits per heavy atom. The molecule has 88 valence electrons. The van der Waals surface area contributed by atoms with Gasteiger partial charge < -0.3 is 5.11 Å². The van der Waals surface area contributed by atoms with E-state index in [1.54, 1.807) is 30.3 Å². The van der Waals surface area contributed by atoms with E-state index in [2.05, 4.69) is 10.3 Å². The molecule has 0 bridgehead atoms. The van der Waals surface area contributed by atoms with Crippen molar-refractivity contribution in [2.75, 3.05) is 0 Å². The number of carboxylic acids is 1. The van der Waals surface area contributed by atoms with E-state index in [0.29, 0.717) is 0 Å². The summed E-state index contributed by atoms with van der Waals surface area (Å²) in [5.41, 5.74) is 0.764. The second kappa shape index (κ2) is 6.14. The van der Waals surface area contributed by atoms with Crippen molar-refractivity contribution in [3.8, 4) is 0 Å². The van der Waals surface area contributed by atoms with E-state index in [-0.39, 0.29) is 6.54 Å². The number of halogens is 2. The Morgan fingerprint density at radius 3 is 2.56 bits per heavy atom. The first-order valence-corrected chi connectivity index (χ1v) is 4.56. The van der Waals surface area contributed by atoms with Crippen molar-refractivity contribution in [2.45, 2.75) is 18.9 Å². The molecule has 0 aliphatic heterocycles. The standard InChI is InChI=1S/C10H11F2NO3/c11-9(16-12)8(10(14)15)13-6-7-4-2-1-3-5-7/h1-5,8-9,13H,6H2,(H,14,15)/t8-,9?/m1/s1. The second-order valence-corrected chi connectivity index (χ2v) is 3.12. The van der Waals surface area contributed by atoms with Crippen LogP contribution in [0, 0.1) is 0 Å². The van der Waals surface area contributed by atoms with Crippen LogP contribution in [0.4, 0.5) is 8.92 Å². The van der Waals surface area contributed by atoms with Crippen molar-refractivity contribution in [3.05, 3.63) is 35.9 Å². The number of hydrogen-bond donors (Lipinski definition) is 2. The van der Waals surface area contributed by atoms with Crippen LogP contribution in [0.2, 0.25) is 0 Å². The van der Waals surface area contributed by atoms with Gasteiger partial charge in [-0.1, -0.05) is 30.3 Å². The van der Waals surface area contributed by atoms with Crippen molar-refractivity contribution in [1.82, 2.24) is 5.32 Å². The number of carbonyl (C=O) groups is 1. The van der Waals surface area contributed by atoms with E-state index in [9.17, 15) is 13.7 Å². The summed E-state index contributed by atoms with van der Waals surface area (Å²) in [4.78, 5) is 13.4. The lowest BCUT2D eigenvalue weighted by molar-refractivity contribution is -0.236. The van der Waals surface area contributed by atoms with Gasteiger partial charge in [0.25, 0.3) is 6.36 Å². The third-order valence-corrected chi connectivity index (χ3v) is 1.98. The first kappa shape index (κ1) is 12.5. The van der Waals surface area contributed by atoms with Crippen LogP contribution in [0.1, 0.15) is 5.56 Å². The zero-order valence-corrected chi connectivity index (χ0v) is 8.27. The summed E-state index contributed by atoms with van der Waals surface area (Å²) in [6, 6.07) is 7.04. The van der Waals surface area contributed by atoms with Crippen molar-refractivity contribution in [3.63, 3.8) is 0 Å². The second-order valence-electron chi connectivity index (χ2n) is 3.12. The maximum atomic E-state index is 12.7. The maximum absolute atomic E-state index is 12.7. The third kappa shape index (κ3) is 3.56. The molecule has 1 aromatic carbocycles. The van der Waals surface area contributed by atoms with Crippen molar-refractivity contribution >= 4 is 5.97 Å². The van der Waals surface area contributed by atoms with Gasteiger partial charge in [-0.2, -0.15) is 4.94 Å². The molecule has 0 amide bonds. The van der Waals surface area contributed by atoms with E-state index < -0.39 is 18.4 Å². The molecule has 1 unspecified atom stereocenters. The van der Waals surface area contributed by atoms with E-state index >= 15 is 0 Å². The minimum absolute atomic E-state index is 0.113. The van der Waals surface area contributed by atoms with Gasteiger partial charge in [0.15, 0.2) is 6.04 Å². The van der Waals surface area contributed by atoms with Gasteiger partial charge in [0.2, 0.25) is 0 Å². The maximum Gasteiger partial charge on any atom is 0.326 e. The van der Waals surface area contributed by atoms with Crippen LogP contribution in [-0.2, 0) is 16.3 Å². The molecule has 0 spiro atoms. The smallest absolute Gasteiger partial charge is 0.326 e. The summed E-state index contributed by atoms with van der Waals surface area (Å²) >= 11 is 0. The zero-order chi connectivity index (χ0) is 12.0. The number of benzene rings is 1.